The van der Waals surface area contributed by atoms with E-state index >= 15 is 0 Å². The van der Waals surface area contributed by atoms with Gasteiger partial charge in [0, 0.05) is 25.2 Å². The Morgan fingerprint density at radius 2 is 2.06 bits per heavy atom. The van der Waals surface area contributed by atoms with Gasteiger partial charge in [0.25, 0.3) is 0 Å². The maximum Gasteiger partial charge on any atom is 0.131 e. The molecule has 1 fully saturated rings. The van der Waals surface area contributed by atoms with Crippen LogP contribution in [0, 0.1) is 0 Å². The highest BCUT2D eigenvalue weighted by Gasteiger charge is 2.20. The molecule has 102 valence electrons. The number of aliphatic hydroxyl groups is 1. The second-order valence-electron chi connectivity index (χ2n) is 5.08. The summed E-state index contributed by atoms with van der Waals surface area (Å²) >= 11 is 6.25. The summed E-state index contributed by atoms with van der Waals surface area (Å²) in [5.41, 5.74) is 2.19. The molecule has 0 radical (unpaired) electrons. The molecule has 1 aliphatic rings. The van der Waals surface area contributed by atoms with Gasteiger partial charge in [-0.05, 0) is 32.1 Å². The van der Waals surface area contributed by atoms with Crippen LogP contribution in [0.3, 0.4) is 0 Å². The molecule has 1 heterocycles. The van der Waals surface area contributed by atoms with Gasteiger partial charge in [-0.1, -0.05) is 18.5 Å². The third-order valence-electron chi connectivity index (χ3n) is 3.75. The summed E-state index contributed by atoms with van der Waals surface area (Å²) in [6, 6.07) is 0.495. The fourth-order valence-electron chi connectivity index (χ4n) is 2.59. The Bertz CT molecular complexity index is 397. The van der Waals surface area contributed by atoms with E-state index in [-0.39, 0.29) is 6.10 Å². The van der Waals surface area contributed by atoms with Crippen LogP contribution in [-0.4, -0.2) is 27.0 Å². The minimum atomic E-state index is -0.101. The molecule has 2 N–H and O–H groups in total. The van der Waals surface area contributed by atoms with Crippen molar-refractivity contribution in [2.75, 3.05) is 0 Å². The van der Waals surface area contributed by atoms with Crippen LogP contribution in [0.2, 0.25) is 5.15 Å². The van der Waals surface area contributed by atoms with Crippen LogP contribution in [0.1, 0.15) is 43.9 Å². The smallest absolute Gasteiger partial charge is 0.131 e. The molecule has 5 heteroatoms. The molecule has 1 aromatic rings. The third-order valence-corrected chi connectivity index (χ3v) is 4.22. The summed E-state index contributed by atoms with van der Waals surface area (Å²) in [5, 5.41) is 18.2. The predicted octanol–water partition coefficient (Wildman–Crippen LogP) is 2.03. The van der Waals surface area contributed by atoms with E-state index < -0.39 is 0 Å². The standard InChI is InChI=1S/C13H22ClN3O/c1-3-12-11(13(14)17(2)16-12)8-15-9-4-6-10(18)7-5-9/h9-10,15,18H,3-8H2,1-2H3. The Hall–Kier alpha value is -0.580. The number of halogens is 1. The maximum atomic E-state index is 9.48. The van der Waals surface area contributed by atoms with Crippen LogP contribution in [-0.2, 0) is 20.0 Å². The maximum absolute atomic E-state index is 9.48. The molecule has 0 aliphatic heterocycles. The van der Waals surface area contributed by atoms with Gasteiger partial charge in [-0.15, -0.1) is 0 Å². The van der Waals surface area contributed by atoms with Crippen LogP contribution in [0.4, 0.5) is 0 Å². The van der Waals surface area contributed by atoms with Crippen molar-refractivity contribution in [1.82, 2.24) is 15.1 Å². The normalized spacial score (nSPS) is 24.4. The summed E-state index contributed by atoms with van der Waals surface area (Å²) < 4.78 is 1.74. The Morgan fingerprint density at radius 1 is 1.39 bits per heavy atom. The topological polar surface area (TPSA) is 50.1 Å². The van der Waals surface area contributed by atoms with Gasteiger partial charge in [0.05, 0.1) is 11.8 Å². The third kappa shape index (κ3) is 3.05. The van der Waals surface area contributed by atoms with Gasteiger partial charge < -0.3 is 10.4 Å². The van der Waals surface area contributed by atoms with E-state index in [0.29, 0.717) is 6.04 Å². The highest BCUT2D eigenvalue weighted by Crippen LogP contribution is 2.22. The lowest BCUT2D eigenvalue weighted by Gasteiger charge is -2.26. The van der Waals surface area contributed by atoms with Gasteiger partial charge in [0.2, 0.25) is 0 Å². The lowest BCUT2D eigenvalue weighted by molar-refractivity contribution is 0.116. The highest BCUT2D eigenvalue weighted by atomic mass is 35.5. The van der Waals surface area contributed by atoms with Crippen molar-refractivity contribution in [1.29, 1.82) is 0 Å². The first-order valence-electron chi connectivity index (χ1n) is 6.73. The SMILES string of the molecule is CCc1nn(C)c(Cl)c1CNC1CCC(O)CC1. The molecule has 4 nitrogen and oxygen atoms in total. The van der Waals surface area contributed by atoms with Crippen LogP contribution in [0.25, 0.3) is 0 Å². The second-order valence-corrected chi connectivity index (χ2v) is 5.44. The number of aromatic nitrogens is 2. The number of hydrogen-bond acceptors (Lipinski definition) is 3. The molecule has 2 rings (SSSR count). The van der Waals surface area contributed by atoms with Crippen LogP contribution in [0.5, 0.6) is 0 Å². The van der Waals surface area contributed by atoms with Crippen molar-refractivity contribution in [2.45, 2.75) is 57.7 Å². The zero-order chi connectivity index (χ0) is 13.1. The first kappa shape index (κ1) is 13.8. The molecule has 0 bridgehead atoms. The van der Waals surface area contributed by atoms with Gasteiger partial charge in [-0.3, -0.25) is 4.68 Å². The van der Waals surface area contributed by atoms with Gasteiger partial charge in [-0.25, -0.2) is 0 Å². The summed E-state index contributed by atoms with van der Waals surface area (Å²) in [6.45, 7) is 2.87. The van der Waals surface area contributed by atoms with Crippen molar-refractivity contribution in [3.63, 3.8) is 0 Å². The first-order valence-corrected chi connectivity index (χ1v) is 7.11. The summed E-state index contributed by atoms with van der Waals surface area (Å²) in [4.78, 5) is 0. The Balaban J connectivity index is 1.93. The van der Waals surface area contributed by atoms with Crippen molar-refractivity contribution >= 4 is 11.6 Å². The van der Waals surface area contributed by atoms with Crippen molar-refractivity contribution in [3.05, 3.63) is 16.4 Å². The zero-order valence-electron chi connectivity index (χ0n) is 11.1. The van der Waals surface area contributed by atoms with E-state index in [2.05, 4.69) is 17.3 Å². The Labute approximate surface area is 113 Å². The molecule has 0 aromatic carbocycles. The molecular formula is C13H22ClN3O. The fourth-order valence-corrected chi connectivity index (χ4v) is 2.80. The van der Waals surface area contributed by atoms with E-state index in [1.165, 1.54) is 0 Å². The van der Waals surface area contributed by atoms with Gasteiger partial charge >= 0.3 is 0 Å². The van der Waals surface area contributed by atoms with Gasteiger partial charge in [0.15, 0.2) is 0 Å². The monoisotopic (exact) mass is 271 g/mol. The summed E-state index contributed by atoms with van der Waals surface area (Å²) in [5.74, 6) is 0. The molecule has 0 spiro atoms. The number of aliphatic hydroxyl groups excluding tert-OH is 1. The van der Waals surface area contributed by atoms with Gasteiger partial charge in [-0.2, -0.15) is 5.10 Å². The minimum Gasteiger partial charge on any atom is -0.393 e. The van der Waals surface area contributed by atoms with Crippen molar-refractivity contribution < 1.29 is 5.11 Å². The fraction of sp³-hybridized carbons (Fsp3) is 0.769. The van der Waals surface area contributed by atoms with Crippen LogP contribution in [0.15, 0.2) is 0 Å². The molecule has 18 heavy (non-hydrogen) atoms. The van der Waals surface area contributed by atoms with E-state index in [1.54, 1.807) is 4.68 Å². The molecule has 0 amide bonds. The quantitative estimate of drug-likeness (QED) is 0.881. The molecular weight excluding hydrogens is 250 g/mol. The molecule has 0 atom stereocenters. The summed E-state index contributed by atoms with van der Waals surface area (Å²) in [7, 11) is 1.88. The molecule has 1 saturated carbocycles. The Morgan fingerprint density at radius 3 is 2.67 bits per heavy atom. The number of nitrogens with zero attached hydrogens (tertiary/aromatic N) is 2. The average Bonchev–Trinajstić information content (AvgIpc) is 2.65. The van der Waals surface area contributed by atoms with Crippen molar-refractivity contribution in [2.24, 2.45) is 7.05 Å². The number of rotatable bonds is 4. The van der Waals surface area contributed by atoms with Gasteiger partial charge in [0.1, 0.15) is 5.15 Å². The predicted molar refractivity (Wildman–Crippen MR) is 72.7 cm³/mol. The first-order chi connectivity index (χ1) is 8.61. The number of aryl methyl sites for hydroxylation is 2. The van der Waals surface area contributed by atoms with Crippen LogP contribution < -0.4 is 5.32 Å². The van der Waals surface area contributed by atoms with E-state index in [9.17, 15) is 5.11 Å². The average molecular weight is 272 g/mol. The highest BCUT2D eigenvalue weighted by molar-refractivity contribution is 6.30. The van der Waals surface area contributed by atoms with Crippen molar-refractivity contribution in [3.8, 4) is 0 Å². The largest absolute Gasteiger partial charge is 0.393 e. The van der Waals surface area contributed by atoms with Crippen LogP contribution >= 0.6 is 11.6 Å². The number of nitrogens with one attached hydrogen (secondary N) is 1. The lowest BCUT2D eigenvalue weighted by atomic mass is 9.93. The van der Waals surface area contributed by atoms with E-state index in [1.807, 2.05) is 7.05 Å². The lowest BCUT2D eigenvalue weighted by Crippen LogP contribution is -2.34. The number of hydrogen-bond donors (Lipinski definition) is 2. The summed E-state index contributed by atoms with van der Waals surface area (Å²) in [6.07, 6.45) is 4.69. The second kappa shape index (κ2) is 6.04. The zero-order valence-corrected chi connectivity index (χ0v) is 11.9. The Kier molecular flexibility index (Phi) is 4.65. The molecule has 1 aliphatic carbocycles. The van der Waals surface area contributed by atoms with E-state index in [0.717, 1.165) is 55.1 Å². The molecule has 0 saturated heterocycles. The minimum absolute atomic E-state index is 0.101. The molecule has 0 unspecified atom stereocenters. The van der Waals surface area contributed by atoms with E-state index in [4.69, 9.17) is 11.6 Å². The molecule has 1 aromatic heterocycles.